The molecule has 1 aromatic carbocycles. The van der Waals surface area contributed by atoms with Crippen molar-refractivity contribution in [1.82, 2.24) is 0 Å². The summed E-state index contributed by atoms with van der Waals surface area (Å²) in [5.41, 5.74) is 1.81. The van der Waals surface area contributed by atoms with Crippen LogP contribution >= 0.6 is 27.5 Å². The first-order valence-corrected chi connectivity index (χ1v) is 7.56. The van der Waals surface area contributed by atoms with Gasteiger partial charge in [0.1, 0.15) is 0 Å². The van der Waals surface area contributed by atoms with E-state index in [-0.39, 0.29) is 0 Å². The van der Waals surface area contributed by atoms with Gasteiger partial charge in [0.25, 0.3) is 0 Å². The zero-order valence-electron chi connectivity index (χ0n) is 9.88. The van der Waals surface area contributed by atoms with E-state index in [4.69, 9.17) is 11.6 Å². The first-order chi connectivity index (χ1) is 8.19. The molecule has 0 bridgehead atoms. The predicted octanol–water partition coefficient (Wildman–Crippen LogP) is 4.87. The number of hydrogen-bond acceptors (Lipinski definition) is 1. The molecule has 3 rings (SSSR count). The molecule has 1 saturated heterocycles. The van der Waals surface area contributed by atoms with Crippen molar-refractivity contribution in [1.29, 1.82) is 0 Å². The summed E-state index contributed by atoms with van der Waals surface area (Å²) in [5, 5.41) is 0.874. The summed E-state index contributed by atoms with van der Waals surface area (Å²) in [6, 6.07) is 6.12. The van der Waals surface area contributed by atoms with Crippen molar-refractivity contribution in [2.24, 2.45) is 5.41 Å². The fraction of sp³-hybridized carbons (Fsp3) is 0.571. The summed E-state index contributed by atoms with van der Waals surface area (Å²) < 4.78 is 1.11. The van der Waals surface area contributed by atoms with Gasteiger partial charge in [-0.05, 0) is 31.0 Å². The molecule has 1 nitrogen and oxygen atoms in total. The average Bonchev–Trinajstić information content (AvgIpc) is 2.30. The number of halogens is 2. The molecule has 1 aromatic rings. The number of nitrogens with zero attached hydrogens (tertiary/aromatic N) is 1. The van der Waals surface area contributed by atoms with E-state index in [2.05, 4.69) is 26.9 Å². The standard InChI is InChI=1S/C14H17BrClN/c15-11-4-5-12(16)13(8-11)17-9-14(10-17)6-2-1-3-7-14/h4-5,8H,1-3,6-7,9-10H2. The molecule has 3 heteroatoms. The normalized spacial score (nSPS) is 22.6. The highest BCUT2D eigenvalue weighted by Gasteiger charge is 2.43. The van der Waals surface area contributed by atoms with Crippen molar-refractivity contribution in [3.8, 4) is 0 Å². The second kappa shape index (κ2) is 4.47. The van der Waals surface area contributed by atoms with E-state index in [1.54, 1.807) is 0 Å². The highest BCUT2D eigenvalue weighted by atomic mass is 79.9. The molecule has 0 atom stereocenters. The molecule has 0 unspecified atom stereocenters. The Labute approximate surface area is 116 Å². The predicted molar refractivity (Wildman–Crippen MR) is 76.9 cm³/mol. The van der Waals surface area contributed by atoms with E-state index >= 15 is 0 Å². The molecule has 1 aliphatic heterocycles. The van der Waals surface area contributed by atoms with Crippen LogP contribution in [0.15, 0.2) is 22.7 Å². The minimum absolute atomic E-state index is 0.615. The molecule has 1 saturated carbocycles. The Balaban J connectivity index is 1.74. The maximum Gasteiger partial charge on any atom is 0.0640 e. The first-order valence-electron chi connectivity index (χ1n) is 6.39. The van der Waals surface area contributed by atoms with E-state index in [1.807, 2.05) is 12.1 Å². The monoisotopic (exact) mass is 313 g/mol. The highest BCUT2D eigenvalue weighted by Crippen LogP contribution is 2.47. The van der Waals surface area contributed by atoms with Crippen LogP contribution in [0.3, 0.4) is 0 Å². The van der Waals surface area contributed by atoms with E-state index in [0.717, 1.165) is 9.50 Å². The van der Waals surface area contributed by atoms with Crippen LogP contribution < -0.4 is 4.90 Å². The van der Waals surface area contributed by atoms with E-state index in [1.165, 1.54) is 50.9 Å². The molecular formula is C14H17BrClN. The Kier molecular flexibility index (Phi) is 3.12. The van der Waals surface area contributed by atoms with Gasteiger partial charge in [-0.3, -0.25) is 0 Å². The lowest BCUT2D eigenvalue weighted by Crippen LogP contribution is -2.57. The van der Waals surface area contributed by atoms with Crippen LogP contribution in [0.5, 0.6) is 0 Å². The minimum Gasteiger partial charge on any atom is -0.369 e. The van der Waals surface area contributed by atoms with Crippen molar-refractivity contribution in [3.63, 3.8) is 0 Å². The van der Waals surface area contributed by atoms with Gasteiger partial charge < -0.3 is 4.90 Å². The molecule has 0 radical (unpaired) electrons. The van der Waals surface area contributed by atoms with Crippen molar-refractivity contribution in [2.45, 2.75) is 32.1 Å². The fourth-order valence-electron chi connectivity index (χ4n) is 3.28. The maximum atomic E-state index is 6.27. The average molecular weight is 315 g/mol. The van der Waals surface area contributed by atoms with E-state index < -0.39 is 0 Å². The van der Waals surface area contributed by atoms with Crippen LogP contribution in [0.1, 0.15) is 32.1 Å². The van der Waals surface area contributed by atoms with Gasteiger partial charge in [-0.25, -0.2) is 0 Å². The molecule has 92 valence electrons. The van der Waals surface area contributed by atoms with Gasteiger partial charge in [0.2, 0.25) is 0 Å². The van der Waals surface area contributed by atoms with Gasteiger partial charge in [-0.15, -0.1) is 0 Å². The largest absolute Gasteiger partial charge is 0.369 e. The Bertz CT molecular complexity index is 418. The molecule has 0 amide bonds. The van der Waals surface area contributed by atoms with Crippen molar-refractivity contribution in [2.75, 3.05) is 18.0 Å². The zero-order valence-corrected chi connectivity index (χ0v) is 12.2. The molecule has 2 fully saturated rings. The third kappa shape index (κ3) is 2.22. The molecule has 2 aliphatic rings. The quantitative estimate of drug-likeness (QED) is 0.714. The second-order valence-corrected chi connectivity index (χ2v) is 6.84. The Morgan fingerprint density at radius 2 is 1.82 bits per heavy atom. The summed E-state index contributed by atoms with van der Waals surface area (Å²) in [4.78, 5) is 2.43. The molecule has 17 heavy (non-hydrogen) atoms. The van der Waals surface area contributed by atoms with Crippen LogP contribution in [-0.4, -0.2) is 13.1 Å². The van der Waals surface area contributed by atoms with Gasteiger partial charge in [0.15, 0.2) is 0 Å². The van der Waals surface area contributed by atoms with Crippen molar-refractivity contribution in [3.05, 3.63) is 27.7 Å². The lowest BCUT2D eigenvalue weighted by atomic mass is 9.68. The second-order valence-electron chi connectivity index (χ2n) is 5.51. The number of anilines is 1. The Morgan fingerprint density at radius 3 is 2.53 bits per heavy atom. The Hall–Kier alpha value is -0.210. The molecule has 0 N–H and O–H groups in total. The number of rotatable bonds is 1. The van der Waals surface area contributed by atoms with E-state index in [9.17, 15) is 0 Å². The van der Waals surface area contributed by atoms with Gasteiger partial charge in [-0.1, -0.05) is 46.8 Å². The molecule has 1 spiro atoms. The molecule has 0 aromatic heterocycles. The lowest BCUT2D eigenvalue weighted by molar-refractivity contribution is 0.139. The van der Waals surface area contributed by atoms with Crippen molar-refractivity contribution >= 4 is 33.2 Å². The SMILES string of the molecule is Clc1ccc(Br)cc1N1CC2(CCCCC2)C1. The van der Waals surface area contributed by atoms with Crippen LogP contribution in [0.2, 0.25) is 5.02 Å². The minimum atomic E-state index is 0.615. The molecule has 1 aliphatic carbocycles. The van der Waals surface area contributed by atoms with Gasteiger partial charge in [-0.2, -0.15) is 0 Å². The van der Waals surface area contributed by atoms with Crippen LogP contribution in [0.25, 0.3) is 0 Å². The van der Waals surface area contributed by atoms with E-state index in [0.29, 0.717) is 5.41 Å². The summed E-state index contributed by atoms with van der Waals surface area (Å²) in [6.07, 6.45) is 7.09. The fourth-order valence-corrected chi connectivity index (χ4v) is 3.87. The summed E-state index contributed by atoms with van der Waals surface area (Å²) in [5.74, 6) is 0. The maximum absolute atomic E-state index is 6.27. The van der Waals surface area contributed by atoms with Crippen LogP contribution in [-0.2, 0) is 0 Å². The topological polar surface area (TPSA) is 3.24 Å². The van der Waals surface area contributed by atoms with Crippen LogP contribution in [0.4, 0.5) is 5.69 Å². The van der Waals surface area contributed by atoms with Gasteiger partial charge in [0, 0.05) is 23.0 Å². The molecule has 1 heterocycles. The third-order valence-corrected chi connectivity index (χ3v) is 5.03. The smallest absolute Gasteiger partial charge is 0.0640 e. The lowest BCUT2D eigenvalue weighted by Gasteiger charge is -2.53. The summed E-state index contributed by atoms with van der Waals surface area (Å²) >= 11 is 9.79. The molecular weight excluding hydrogens is 298 g/mol. The Morgan fingerprint density at radius 1 is 1.12 bits per heavy atom. The van der Waals surface area contributed by atoms with Gasteiger partial charge in [0.05, 0.1) is 10.7 Å². The van der Waals surface area contributed by atoms with Crippen molar-refractivity contribution < 1.29 is 0 Å². The highest BCUT2D eigenvalue weighted by molar-refractivity contribution is 9.10. The number of benzene rings is 1. The number of hydrogen-bond donors (Lipinski definition) is 0. The summed E-state index contributed by atoms with van der Waals surface area (Å²) in [6.45, 7) is 2.40. The first kappa shape index (κ1) is 11.9. The van der Waals surface area contributed by atoms with Crippen LogP contribution in [0, 0.1) is 5.41 Å². The third-order valence-electron chi connectivity index (χ3n) is 4.22. The zero-order chi connectivity index (χ0) is 11.9. The van der Waals surface area contributed by atoms with Gasteiger partial charge >= 0.3 is 0 Å². The summed E-state index contributed by atoms with van der Waals surface area (Å²) in [7, 11) is 0.